The maximum Gasteiger partial charge on any atom is 0.573 e. The predicted molar refractivity (Wildman–Crippen MR) is 65.1 cm³/mol. The lowest BCUT2D eigenvalue weighted by molar-refractivity contribution is -0.274. The van der Waals surface area contributed by atoms with Crippen LogP contribution in [0.3, 0.4) is 0 Å². The molecule has 1 aromatic heterocycles. The molecule has 0 aliphatic rings. The van der Waals surface area contributed by atoms with Crippen LogP contribution in [0, 0.1) is 11.3 Å². The van der Waals surface area contributed by atoms with Gasteiger partial charge in [0.15, 0.2) is 5.92 Å². The van der Waals surface area contributed by atoms with Gasteiger partial charge in [-0.25, -0.2) is 0 Å². The van der Waals surface area contributed by atoms with E-state index >= 15 is 0 Å². The molecule has 8 heteroatoms. The third-order valence-corrected chi connectivity index (χ3v) is 2.06. The number of hydrogen-bond donors (Lipinski definition) is 0. The Morgan fingerprint density at radius 1 is 1.33 bits per heavy atom. The Labute approximate surface area is 119 Å². The van der Waals surface area contributed by atoms with Gasteiger partial charge in [0, 0.05) is 0 Å². The van der Waals surface area contributed by atoms with E-state index in [1.165, 1.54) is 0 Å². The van der Waals surface area contributed by atoms with Gasteiger partial charge in [-0.15, -0.1) is 13.2 Å². The quantitative estimate of drug-likeness (QED) is 0.803. The first-order chi connectivity index (χ1) is 9.52. The number of aromatic nitrogens is 1. The minimum Gasteiger partial charge on any atom is -0.459 e. The summed E-state index contributed by atoms with van der Waals surface area (Å²) in [6.07, 6.45) is -4.04. The standard InChI is InChI=1S/C13H13F3N2O3/c1-12(2,3)21-11(19)9(6-17)10-5-4-8(7-18-10)20-13(14,15)16/h4-5,7,9H,1-3H3/t9-/m0/s1. The molecule has 0 unspecified atom stereocenters. The fourth-order valence-corrected chi connectivity index (χ4v) is 1.36. The largest absolute Gasteiger partial charge is 0.573 e. The smallest absolute Gasteiger partial charge is 0.459 e. The molecule has 0 N–H and O–H groups in total. The number of nitriles is 1. The summed E-state index contributed by atoms with van der Waals surface area (Å²) in [6.45, 7) is 4.90. The van der Waals surface area contributed by atoms with Crippen LogP contribution in [0.25, 0.3) is 0 Å². The minimum atomic E-state index is -4.83. The molecule has 1 aromatic rings. The van der Waals surface area contributed by atoms with Crippen LogP contribution in [-0.2, 0) is 9.53 Å². The van der Waals surface area contributed by atoms with Crippen molar-refractivity contribution in [3.05, 3.63) is 24.0 Å². The third kappa shape index (κ3) is 5.69. The van der Waals surface area contributed by atoms with Crippen molar-refractivity contribution in [2.75, 3.05) is 0 Å². The summed E-state index contributed by atoms with van der Waals surface area (Å²) in [5.74, 6) is -2.67. The number of hydrogen-bond acceptors (Lipinski definition) is 5. The summed E-state index contributed by atoms with van der Waals surface area (Å²) in [5.41, 5.74) is -0.799. The summed E-state index contributed by atoms with van der Waals surface area (Å²) in [5, 5.41) is 9.00. The van der Waals surface area contributed by atoms with E-state index < -0.39 is 29.6 Å². The maximum absolute atomic E-state index is 12.0. The average Bonchev–Trinajstić information content (AvgIpc) is 2.28. The van der Waals surface area contributed by atoms with Crippen molar-refractivity contribution in [1.82, 2.24) is 4.98 Å². The summed E-state index contributed by atoms with van der Waals surface area (Å²) in [4.78, 5) is 15.4. The molecule has 1 atom stereocenters. The van der Waals surface area contributed by atoms with Crippen LogP contribution in [0.2, 0.25) is 0 Å². The summed E-state index contributed by atoms with van der Waals surface area (Å²) >= 11 is 0. The van der Waals surface area contributed by atoms with E-state index in [0.29, 0.717) is 0 Å². The Bertz CT molecular complexity index is 542. The lowest BCUT2D eigenvalue weighted by atomic mass is 10.1. The zero-order valence-corrected chi connectivity index (χ0v) is 11.6. The highest BCUT2D eigenvalue weighted by molar-refractivity contribution is 5.81. The van der Waals surface area contributed by atoms with Crippen LogP contribution in [0.15, 0.2) is 18.3 Å². The normalized spacial score (nSPS) is 13.2. The number of nitrogens with zero attached hydrogens (tertiary/aromatic N) is 2. The van der Waals surface area contributed by atoms with E-state index in [-0.39, 0.29) is 5.69 Å². The molecule has 0 saturated carbocycles. The van der Waals surface area contributed by atoms with Crippen molar-refractivity contribution in [3.8, 4) is 11.8 Å². The number of pyridine rings is 1. The van der Waals surface area contributed by atoms with E-state index in [1.54, 1.807) is 26.8 Å². The molecular weight excluding hydrogens is 289 g/mol. The second kappa shape index (κ2) is 5.99. The van der Waals surface area contributed by atoms with Crippen LogP contribution in [0.5, 0.6) is 5.75 Å². The molecular formula is C13H13F3N2O3. The van der Waals surface area contributed by atoms with Crippen molar-refractivity contribution in [1.29, 1.82) is 5.26 Å². The molecule has 0 spiro atoms. The van der Waals surface area contributed by atoms with E-state index in [4.69, 9.17) is 10.00 Å². The van der Waals surface area contributed by atoms with Crippen LogP contribution in [0.1, 0.15) is 32.4 Å². The highest BCUT2D eigenvalue weighted by atomic mass is 19.4. The van der Waals surface area contributed by atoms with Gasteiger partial charge in [-0.1, -0.05) is 0 Å². The highest BCUT2D eigenvalue weighted by Crippen LogP contribution is 2.24. The Hall–Kier alpha value is -2.30. The predicted octanol–water partition coefficient (Wildman–Crippen LogP) is 2.93. The van der Waals surface area contributed by atoms with Crippen LogP contribution < -0.4 is 4.74 Å². The van der Waals surface area contributed by atoms with Crippen LogP contribution in [-0.4, -0.2) is 22.9 Å². The summed E-state index contributed by atoms with van der Waals surface area (Å²) in [7, 11) is 0. The number of halogens is 3. The fourth-order valence-electron chi connectivity index (χ4n) is 1.36. The monoisotopic (exact) mass is 302 g/mol. The Morgan fingerprint density at radius 2 is 1.95 bits per heavy atom. The molecule has 5 nitrogen and oxygen atoms in total. The first-order valence-corrected chi connectivity index (χ1v) is 5.86. The highest BCUT2D eigenvalue weighted by Gasteiger charge is 2.32. The van der Waals surface area contributed by atoms with Gasteiger partial charge in [0.1, 0.15) is 11.4 Å². The van der Waals surface area contributed by atoms with Crippen LogP contribution in [0.4, 0.5) is 13.2 Å². The maximum atomic E-state index is 12.0. The van der Waals surface area contributed by atoms with Crippen molar-refractivity contribution in [2.24, 2.45) is 0 Å². The zero-order valence-electron chi connectivity index (χ0n) is 11.6. The van der Waals surface area contributed by atoms with Crippen molar-refractivity contribution in [3.63, 3.8) is 0 Å². The van der Waals surface area contributed by atoms with Crippen molar-refractivity contribution < 1.29 is 27.4 Å². The molecule has 0 aliphatic heterocycles. The Kier molecular flexibility index (Phi) is 4.78. The van der Waals surface area contributed by atoms with E-state index in [0.717, 1.165) is 18.3 Å². The van der Waals surface area contributed by atoms with Gasteiger partial charge < -0.3 is 9.47 Å². The minimum absolute atomic E-state index is 0.0127. The topological polar surface area (TPSA) is 72.2 Å². The van der Waals surface area contributed by atoms with E-state index in [1.807, 2.05) is 0 Å². The second-order valence-electron chi connectivity index (χ2n) is 5.06. The first-order valence-electron chi connectivity index (χ1n) is 5.86. The van der Waals surface area contributed by atoms with Gasteiger partial charge >= 0.3 is 12.3 Å². The fraction of sp³-hybridized carbons (Fsp3) is 0.462. The molecule has 0 amide bonds. The zero-order chi connectivity index (χ0) is 16.3. The summed E-state index contributed by atoms with van der Waals surface area (Å²) in [6, 6.07) is 3.80. The molecule has 0 aliphatic carbocycles. The molecule has 21 heavy (non-hydrogen) atoms. The third-order valence-electron chi connectivity index (χ3n) is 2.06. The average molecular weight is 302 g/mol. The van der Waals surface area contributed by atoms with Gasteiger partial charge in [-0.2, -0.15) is 5.26 Å². The Morgan fingerprint density at radius 3 is 2.33 bits per heavy atom. The molecule has 1 heterocycles. The molecule has 1 rings (SSSR count). The van der Waals surface area contributed by atoms with Crippen LogP contribution >= 0.6 is 0 Å². The number of alkyl halides is 3. The lowest BCUT2D eigenvalue weighted by Crippen LogP contribution is -2.27. The second-order valence-corrected chi connectivity index (χ2v) is 5.06. The first kappa shape index (κ1) is 16.8. The van der Waals surface area contributed by atoms with Gasteiger partial charge in [-0.05, 0) is 32.9 Å². The molecule has 0 radical (unpaired) electrons. The number of esters is 1. The van der Waals surface area contributed by atoms with E-state index in [9.17, 15) is 18.0 Å². The van der Waals surface area contributed by atoms with Gasteiger partial charge in [-0.3, -0.25) is 9.78 Å². The number of carbonyl (C=O) groups excluding carboxylic acids is 1. The number of rotatable bonds is 3. The lowest BCUT2D eigenvalue weighted by Gasteiger charge is -2.21. The van der Waals surface area contributed by atoms with Crippen molar-refractivity contribution >= 4 is 5.97 Å². The van der Waals surface area contributed by atoms with Gasteiger partial charge in [0.05, 0.1) is 18.0 Å². The van der Waals surface area contributed by atoms with Gasteiger partial charge in [0.2, 0.25) is 0 Å². The molecule has 0 fully saturated rings. The molecule has 0 aromatic carbocycles. The van der Waals surface area contributed by atoms with Gasteiger partial charge in [0.25, 0.3) is 0 Å². The molecule has 114 valence electrons. The SMILES string of the molecule is CC(C)(C)OC(=O)[C@@H](C#N)c1ccc(OC(F)(F)F)cn1. The molecule has 0 saturated heterocycles. The summed E-state index contributed by atoms with van der Waals surface area (Å²) < 4.78 is 44.7. The number of carbonyl (C=O) groups is 1. The van der Waals surface area contributed by atoms with E-state index in [2.05, 4.69) is 9.72 Å². The molecule has 0 bridgehead atoms. The number of ether oxygens (including phenoxy) is 2. The Balaban J connectivity index is 2.88. The van der Waals surface area contributed by atoms with Crippen molar-refractivity contribution in [2.45, 2.75) is 38.7 Å².